The van der Waals surface area contributed by atoms with Crippen LogP contribution in [0.4, 0.5) is 0 Å². The molecule has 0 aliphatic rings. The van der Waals surface area contributed by atoms with Gasteiger partial charge in [-0.1, -0.05) is 54.6 Å². The van der Waals surface area contributed by atoms with E-state index in [1.165, 1.54) is 16.7 Å². The van der Waals surface area contributed by atoms with Gasteiger partial charge in [-0.05, 0) is 23.1 Å². The van der Waals surface area contributed by atoms with Gasteiger partial charge in [0, 0.05) is 5.88 Å². The number of rotatable bonds is 3. The van der Waals surface area contributed by atoms with Gasteiger partial charge in [-0.2, -0.15) is 0 Å². The number of alkyl halides is 1. The van der Waals surface area contributed by atoms with Crippen molar-refractivity contribution >= 4 is 41.2 Å². The van der Waals surface area contributed by atoms with Gasteiger partial charge in [0.25, 0.3) is 0 Å². The van der Waals surface area contributed by atoms with Crippen molar-refractivity contribution in [2.24, 2.45) is 0 Å². The van der Waals surface area contributed by atoms with Gasteiger partial charge in [-0.3, -0.25) is 0 Å². The normalized spacial score (nSPS) is 9.56. The Kier molecular flexibility index (Phi) is 6.15. The number of hydrogen-bond donors (Lipinski definition) is 0. The van der Waals surface area contributed by atoms with Crippen molar-refractivity contribution in [3.8, 4) is 11.1 Å². The molecule has 0 amide bonds. The van der Waals surface area contributed by atoms with Gasteiger partial charge in [0.15, 0.2) is 0 Å². The summed E-state index contributed by atoms with van der Waals surface area (Å²) in [5, 5.41) is 0. The standard InChI is InChI=1S/C14H13Cl.Na.H/c15-11-10-12-6-8-14(9-7-12)13-4-2-1-3-5-13;;/h1-9H,10-11H2;;. The Morgan fingerprint density at radius 2 is 1.31 bits per heavy atom. The first-order chi connectivity index (χ1) is 7.40. The molecule has 0 unspecified atom stereocenters. The van der Waals surface area contributed by atoms with Crippen LogP contribution in [0.25, 0.3) is 11.1 Å². The van der Waals surface area contributed by atoms with E-state index in [1.807, 2.05) is 6.07 Å². The summed E-state index contributed by atoms with van der Waals surface area (Å²) in [6.45, 7) is 0. The van der Waals surface area contributed by atoms with Crippen LogP contribution in [0.1, 0.15) is 5.56 Å². The van der Waals surface area contributed by atoms with Gasteiger partial charge >= 0.3 is 29.6 Å². The Morgan fingerprint density at radius 1 is 0.750 bits per heavy atom. The second-order valence-corrected chi connectivity index (χ2v) is 3.88. The van der Waals surface area contributed by atoms with Crippen molar-refractivity contribution < 1.29 is 0 Å². The van der Waals surface area contributed by atoms with Gasteiger partial charge in [0.1, 0.15) is 0 Å². The Hall–Kier alpha value is -0.270. The van der Waals surface area contributed by atoms with Crippen LogP contribution in [0.5, 0.6) is 0 Å². The Morgan fingerprint density at radius 3 is 1.88 bits per heavy atom. The van der Waals surface area contributed by atoms with Crippen molar-refractivity contribution in [1.29, 1.82) is 0 Å². The Bertz CT molecular complexity index is 409. The molecule has 0 aromatic heterocycles. The van der Waals surface area contributed by atoms with Crippen molar-refractivity contribution in [3.05, 3.63) is 60.2 Å². The van der Waals surface area contributed by atoms with E-state index in [4.69, 9.17) is 11.6 Å². The molecule has 0 atom stereocenters. The van der Waals surface area contributed by atoms with Crippen molar-refractivity contribution in [1.82, 2.24) is 0 Å². The minimum absolute atomic E-state index is 0. The molecule has 2 aromatic carbocycles. The van der Waals surface area contributed by atoms with Crippen LogP contribution in [-0.2, 0) is 6.42 Å². The molecule has 0 heterocycles. The summed E-state index contributed by atoms with van der Waals surface area (Å²) >= 11 is 5.69. The fourth-order valence-corrected chi connectivity index (χ4v) is 1.82. The van der Waals surface area contributed by atoms with Crippen LogP contribution in [0.2, 0.25) is 0 Å². The summed E-state index contributed by atoms with van der Waals surface area (Å²) in [6.07, 6.45) is 0.941. The molecule has 2 heteroatoms. The second-order valence-electron chi connectivity index (χ2n) is 3.50. The zero-order valence-corrected chi connectivity index (χ0v) is 9.24. The van der Waals surface area contributed by atoms with Gasteiger partial charge in [-0.15, -0.1) is 11.6 Å². The Balaban J connectivity index is 0.00000128. The topological polar surface area (TPSA) is 0 Å². The first kappa shape index (κ1) is 13.8. The third-order valence-electron chi connectivity index (χ3n) is 2.44. The minimum atomic E-state index is 0. The molecular weight excluding hydrogens is 227 g/mol. The van der Waals surface area contributed by atoms with E-state index < -0.39 is 0 Å². The molecule has 0 spiro atoms. The van der Waals surface area contributed by atoms with E-state index in [-0.39, 0.29) is 29.6 Å². The summed E-state index contributed by atoms with van der Waals surface area (Å²) in [5.41, 5.74) is 3.81. The van der Waals surface area contributed by atoms with E-state index in [9.17, 15) is 0 Å². The van der Waals surface area contributed by atoms with Crippen molar-refractivity contribution in [3.63, 3.8) is 0 Å². The van der Waals surface area contributed by atoms with Gasteiger partial charge < -0.3 is 0 Å². The maximum atomic E-state index is 5.69. The van der Waals surface area contributed by atoms with Crippen LogP contribution in [-0.4, -0.2) is 35.4 Å². The molecule has 16 heavy (non-hydrogen) atoms. The summed E-state index contributed by atoms with van der Waals surface area (Å²) in [4.78, 5) is 0. The first-order valence-corrected chi connectivity index (χ1v) is 5.64. The second kappa shape index (κ2) is 7.13. The predicted octanol–water partition coefficient (Wildman–Crippen LogP) is 3.49. The molecule has 0 bridgehead atoms. The molecule has 0 N–H and O–H groups in total. The SMILES string of the molecule is ClCCc1ccc(-c2ccccc2)cc1.[NaH]. The molecule has 78 valence electrons. The molecule has 0 aliphatic heterocycles. The number of halogens is 1. The third-order valence-corrected chi connectivity index (χ3v) is 2.63. The fourth-order valence-electron chi connectivity index (χ4n) is 1.60. The molecule has 2 aromatic rings. The summed E-state index contributed by atoms with van der Waals surface area (Å²) < 4.78 is 0. The monoisotopic (exact) mass is 240 g/mol. The molecule has 0 aliphatic carbocycles. The van der Waals surface area contributed by atoms with Crippen molar-refractivity contribution in [2.45, 2.75) is 6.42 Å². The van der Waals surface area contributed by atoms with Gasteiger partial charge in [0.05, 0.1) is 0 Å². The molecule has 0 saturated heterocycles. The fraction of sp³-hybridized carbons (Fsp3) is 0.143. The van der Waals surface area contributed by atoms with E-state index in [0.29, 0.717) is 5.88 Å². The van der Waals surface area contributed by atoms with E-state index in [2.05, 4.69) is 48.5 Å². The van der Waals surface area contributed by atoms with Crippen LogP contribution in [0.15, 0.2) is 54.6 Å². The molecule has 0 saturated carbocycles. The zero-order chi connectivity index (χ0) is 10.5. The first-order valence-electron chi connectivity index (χ1n) is 5.10. The maximum absolute atomic E-state index is 5.69. The van der Waals surface area contributed by atoms with E-state index in [0.717, 1.165) is 6.42 Å². The van der Waals surface area contributed by atoms with Gasteiger partial charge in [0.2, 0.25) is 0 Å². The third kappa shape index (κ3) is 3.64. The average molecular weight is 241 g/mol. The molecular formula is C14H14ClNa. The number of benzene rings is 2. The molecule has 0 radical (unpaired) electrons. The quantitative estimate of drug-likeness (QED) is 0.569. The Labute approximate surface area is 124 Å². The summed E-state index contributed by atoms with van der Waals surface area (Å²) in [5.74, 6) is 0.685. The number of aryl methyl sites for hydroxylation is 1. The van der Waals surface area contributed by atoms with Crippen LogP contribution in [0.3, 0.4) is 0 Å². The van der Waals surface area contributed by atoms with Crippen molar-refractivity contribution in [2.75, 3.05) is 5.88 Å². The molecule has 0 fully saturated rings. The van der Waals surface area contributed by atoms with E-state index in [1.54, 1.807) is 0 Å². The van der Waals surface area contributed by atoms with Crippen LogP contribution in [0, 0.1) is 0 Å². The van der Waals surface area contributed by atoms with Gasteiger partial charge in [-0.25, -0.2) is 0 Å². The van der Waals surface area contributed by atoms with Crippen LogP contribution >= 0.6 is 11.6 Å². The average Bonchev–Trinajstić information content (AvgIpc) is 2.32. The van der Waals surface area contributed by atoms with Crippen LogP contribution < -0.4 is 0 Å². The molecule has 2 rings (SSSR count). The summed E-state index contributed by atoms with van der Waals surface area (Å²) in [7, 11) is 0. The summed E-state index contributed by atoms with van der Waals surface area (Å²) in [6, 6.07) is 19.0. The molecule has 0 nitrogen and oxygen atoms in total. The number of hydrogen-bond acceptors (Lipinski definition) is 0. The zero-order valence-electron chi connectivity index (χ0n) is 8.49. The predicted molar refractivity (Wildman–Crippen MR) is 73.5 cm³/mol. The van der Waals surface area contributed by atoms with E-state index >= 15 is 0 Å².